The molecule has 0 bridgehead atoms. The molecule has 9 heteroatoms. The van der Waals surface area contributed by atoms with Crippen molar-refractivity contribution in [1.82, 2.24) is 9.62 Å². The lowest BCUT2D eigenvalue weighted by Crippen LogP contribution is -2.46. The molecule has 25 heavy (non-hydrogen) atoms. The molecule has 0 heterocycles. The fraction of sp³-hybridized carbons (Fsp3) is 0.500. The molecule has 1 atom stereocenters. The van der Waals surface area contributed by atoms with Crippen LogP contribution in [0.3, 0.4) is 0 Å². The van der Waals surface area contributed by atoms with Crippen LogP contribution in [-0.4, -0.2) is 55.9 Å². The van der Waals surface area contributed by atoms with E-state index in [4.69, 9.17) is 4.74 Å². The van der Waals surface area contributed by atoms with Crippen molar-refractivity contribution in [3.05, 3.63) is 23.3 Å². The molecule has 8 nitrogen and oxygen atoms in total. The van der Waals surface area contributed by atoms with Crippen LogP contribution >= 0.6 is 0 Å². The average molecular weight is 372 g/mol. The highest BCUT2D eigenvalue weighted by Crippen LogP contribution is 2.32. The zero-order chi connectivity index (χ0) is 19.4. The summed E-state index contributed by atoms with van der Waals surface area (Å²) in [6, 6.07) is 1.97. The van der Waals surface area contributed by atoms with Gasteiger partial charge in [0.25, 0.3) is 0 Å². The third kappa shape index (κ3) is 4.93. The number of carboxylic acids is 1. The molecule has 0 aliphatic rings. The predicted octanol–water partition coefficient (Wildman–Crippen LogP) is 0.912. The first-order valence-electron chi connectivity index (χ1n) is 7.66. The van der Waals surface area contributed by atoms with Gasteiger partial charge in [-0.15, -0.1) is 0 Å². The van der Waals surface area contributed by atoms with E-state index in [9.17, 15) is 23.1 Å². The van der Waals surface area contributed by atoms with Crippen LogP contribution in [0.5, 0.6) is 5.75 Å². The van der Waals surface area contributed by atoms with Crippen LogP contribution in [0.4, 0.5) is 0 Å². The number of carbonyl (C=O) groups is 2. The Morgan fingerprint density at radius 3 is 2.40 bits per heavy atom. The molecule has 1 aromatic carbocycles. The molecule has 1 aromatic rings. The molecule has 0 radical (unpaired) electrons. The number of aryl methyl sites for hydroxylation is 2. The first kappa shape index (κ1) is 20.9. The summed E-state index contributed by atoms with van der Waals surface area (Å²) < 4.78 is 32.3. The molecule has 1 unspecified atom stereocenters. The number of methoxy groups -OCH3 is 1. The van der Waals surface area contributed by atoms with Gasteiger partial charge in [0.15, 0.2) is 0 Å². The molecule has 0 fully saturated rings. The van der Waals surface area contributed by atoms with E-state index in [-0.39, 0.29) is 29.6 Å². The highest BCUT2D eigenvalue weighted by molar-refractivity contribution is 7.89. The zero-order valence-electron chi connectivity index (χ0n) is 15.0. The van der Waals surface area contributed by atoms with Crippen LogP contribution in [-0.2, 0) is 19.6 Å². The second-order valence-corrected chi connectivity index (χ2v) is 7.55. The maximum Gasteiger partial charge on any atom is 0.321 e. The number of sulfonamides is 1. The molecule has 140 valence electrons. The molecule has 1 amide bonds. The van der Waals surface area contributed by atoms with Crippen molar-refractivity contribution in [2.24, 2.45) is 0 Å². The van der Waals surface area contributed by atoms with E-state index in [0.29, 0.717) is 5.56 Å². The fourth-order valence-corrected chi connectivity index (χ4v) is 4.44. The van der Waals surface area contributed by atoms with Crippen molar-refractivity contribution in [2.45, 2.75) is 38.6 Å². The normalized spacial score (nSPS) is 12.7. The van der Waals surface area contributed by atoms with Crippen molar-refractivity contribution in [2.75, 3.05) is 20.2 Å². The molecule has 1 rings (SSSR count). The van der Waals surface area contributed by atoms with E-state index >= 15 is 0 Å². The predicted molar refractivity (Wildman–Crippen MR) is 92.1 cm³/mol. The SMILES string of the molecule is COc1cc(C)cc(C)c1S(=O)(=O)N(CCNC(C)=O)C(C)C(=O)O. The minimum atomic E-state index is -4.16. The van der Waals surface area contributed by atoms with Crippen molar-refractivity contribution in [1.29, 1.82) is 0 Å². The Balaban J connectivity index is 3.41. The Morgan fingerprint density at radius 1 is 1.32 bits per heavy atom. The van der Waals surface area contributed by atoms with Crippen molar-refractivity contribution in [3.8, 4) is 5.75 Å². The van der Waals surface area contributed by atoms with E-state index in [1.807, 2.05) is 0 Å². The van der Waals surface area contributed by atoms with Crippen molar-refractivity contribution < 1.29 is 27.9 Å². The van der Waals surface area contributed by atoms with E-state index in [2.05, 4.69) is 5.32 Å². The quantitative estimate of drug-likeness (QED) is 0.701. The lowest BCUT2D eigenvalue weighted by molar-refractivity contribution is -0.140. The Morgan fingerprint density at radius 2 is 1.92 bits per heavy atom. The second kappa shape index (κ2) is 8.30. The van der Waals surface area contributed by atoms with Gasteiger partial charge in [-0.25, -0.2) is 8.42 Å². The number of benzene rings is 1. The van der Waals surface area contributed by atoms with Gasteiger partial charge in [-0.2, -0.15) is 4.31 Å². The molecule has 2 N–H and O–H groups in total. The monoisotopic (exact) mass is 372 g/mol. The van der Waals surface area contributed by atoms with Crippen LogP contribution < -0.4 is 10.1 Å². The maximum atomic E-state index is 13.1. The van der Waals surface area contributed by atoms with E-state index < -0.39 is 22.0 Å². The summed E-state index contributed by atoms with van der Waals surface area (Å²) in [6.45, 7) is 5.84. The number of ether oxygens (including phenoxy) is 1. The minimum absolute atomic E-state index is 0.000588. The number of rotatable bonds is 8. The van der Waals surface area contributed by atoms with Gasteiger partial charge < -0.3 is 15.2 Å². The van der Waals surface area contributed by atoms with Gasteiger partial charge in [-0.1, -0.05) is 6.07 Å². The molecule has 0 saturated heterocycles. The van der Waals surface area contributed by atoms with Crippen LogP contribution in [0.25, 0.3) is 0 Å². The van der Waals surface area contributed by atoms with Crippen molar-refractivity contribution in [3.63, 3.8) is 0 Å². The van der Waals surface area contributed by atoms with Gasteiger partial charge in [-0.3, -0.25) is 9.59 Å². The molecular weight excluding hydrogens is 348 g/mol. The number of hydrogen-bond acceptors (Lipinski definition) is 5. The summed E-state index contributed by atoms with van der Waals surface area (Å²) >= 11 is 0. The maximum absolute atomic E-state index is 13.1. The standard InChI is InChI=1S/C16H24N2O6S/c1-10-8-11(2)15(14(9-10)24-5)25(22,23)18(12(3)16(20)21)7-6-17-13(4)19/h8-9,12H,6-7H2,1-5H3,(H,17,19)(H,20,21). The number of hydrogen-bond donors (Lipinski definition) is 2. The molecule has 0 aromatic heterocycles. The smallest absolute Gasteiger partial charge is 0.321 e. The largest absolute Gasteiger partial charge is 0.495 e. The Bertz CT molecular complexity index is 760. The summed E-state index contributed by atoms with van der Waals surface area (Å²) in [4.78, 5) is 22.3. The number of carboxylic acid groups (broad SMARTS) is 1. The molecule has 0 aliphatic heterocycles. The zero-order valence-corrected chi connectivity index (χ0v) is 15.8. The summed E-state index contributed by atoms with van der Waals surface area (Å²) in [7, 11) is -2.80. The summed E-state index contributed by atoms with van der Waals surface area (Å²) in [6.07, 6.45) is 0. The molecule has 0 aliphatic carbocycles. The van der Waals surface area contributed by atoms with Crippen LogP contribution in [0, 0.1) is 13.8 Å². The first-order chi connectivity index (χ1) is 11.5. The number of aliphatic carboxylic acids is 1. The third-order valence-corrected chi connectivity index (χ3v) is 5.82. The topological polar surface area (TPSA) is 113 Å². The lowest BCUT2D eigenvalue weighted by atomic mass is 10.1. The second-order valence-electron chi connectivity index (χ2n) is 5.73. The summed E-state index contributed by atoms with van der Waals surface area (Å²) in [5.41, 5.74) is 1.28. The van der Waals surface area contributed by atoms with Crippen LogP contribution in [0.1, 0.15) is 25.0 Å². The average Bonchev–Trinajstić information content (AvgIpc) is 2.48. The Labute approximate surface area is 147 Å². The van der Waals surface area contributed by atoms with Gasteiger partial charge in [0.1, 0.15) is 16.7 Å². The third-order valence-electron chi connectivity index (χ3n) is 3.67. The number of nitrogens with one attached hydrogen (secondary N) is 1. The van der Waals surface area contributed by atoms with Crippen LogP contribution in [0.15, 0.2) is 17.0 Å². The lowest BCUT2D eigenvalue weighted by Gasteiger charge is -2.27. The molecule has 0 saturated carbocycles. The van der Waals surface area contributed by atoms with Gasteiger partial charge in [0.05, 0.1) is 7.11 Å². The van der Waals surface area contributed by atoms with Crippen LogP contribution in [0.2, 0.25) is 0 Å². The number of amides is 1. The number of carbonyl (C=O) groups excluding carboxylic acids is 1. The Kier molecular flexibility index (Phi) is 6.95. The molecule has 0 spiro atoms. The van der Waals surface area contributed by atoms with Gasteiger partial charge in [0.2, 0.25) is 15.9 Å². The van der Waals surface area contributed by atoms with Gasteiger partial charge >= 0.3 is 5.97 Å². The van der Waals surface area contributed by atoms with E-state index in [1.165, 1.54) is 21.0 Å². The highest BCUT2D eigenvalue weighted by atomic mass is 32.2. The minimum Gasteiger partial charge on any atom is -0.495 e. The van der Waals surface area contributed by atoms with Gasteiger partial charge in [0, 0.05) is 20.0 Å². The molecular formula is C16H24N2O6S. The summed E-state index contributed by atoms with van der Waals surface area (Å²) in [5.74, 6) is -1.46. The van der Waals surface area contributed by atoms with Gasteiger partial charge in [-0.05, 0) is 38.0 Å². The van der Waals surface area contributed by atoms with Crippen molar-refractivity contribution >= 4 is 21.9 Å². The number of nitrogens with zero attached hydrogens (tertiary/aromatic N) is 1. The summed E-state index contributed by atoms with van der Waals surface area (Å²) in [5, 5.41) is 11.8. The Hall–Kier alpha value is -2.13. The van der Waals surface area contributed by atoms with E-state index in [1.54, 1.807) is 26.0 Å². The highest BCUT2D eigenvalue weighted by Gasteiger charge is 2.35. The van der Waals surface area contributed by atoms with E-state index in [0.717, 1.165) is 9.87 Å². The fourth-order valence-electron chi connectivity index (χ4n) is 2.50. The first-order valence-corrected chi connectivity index (χ1v) is 9.10.